The molecule has 0 bridgehead atoms. The van der Waals surface area contributed by atoms with Crippen LogP contribution in [0.25, 0.3) is 0 Å². The van der Waals surface area contributed by atoms with Crippen LogP contribution in [-0.2, 0) is 4.79 Å². The lowest BCUT2D eigenvalue weighted by Crippen LogP contribution is -2.50. The van der Waals surface area contributed by atoms with E-state index in [1.807, 2.05) is 0 Å². The maximum absolute atomic E-state index is 11.0. The van der Waals surface area contributed by atoms with Gasteiger partial charge in [0.2, 0.25) is 5.91 Å². The average molecular weight is 160 g/mol. The molecular formula is C7H16N2O2. The predicted octanol–water partition coefficient (Wildman–Crippen LogP) is -0.779. The van der Waals surface area contributed by atoms with Crippen molar-refractivity contribution in [2.24, 2.45) is 5.73 Å². The van der Waals surface area contributed by atoms with Crippen molar-refractivity contribution in [3.05, 3.63) is 0 Å². The van der Waals surface area contributed by atoms with Gasteiger partial charge in [0, 0.05) is 6.54 Å². The molecule has 0 saturated heterocycles. The highest BCUT2D eigenvalue weighted by Crippen LogP contribution is 1.94. The van der Waals surface area contributed by atoms with Crippen molar-refractivity contribution in [1.29, 1.82) is 0 Å². The Bertz CT molecular complexity index is 138. The molecule has 0 spiro atoms. The predicted molar refractivity (Wildman–Crippen MR) is 43.0 cm³/mol. The summed E-state index contributed by atoms with van der Waals surface area (Å²) in [6, 6.07) is 0. The number of carbonyl (C=O) groups is 1. The zero-order valence-electron chi connectivity index (χ0n) is 7.22. The second kappa shape index (κ2) is 3.69. The summed E-state index contributed by atoms with van der Waals surface area (Å²) in [4.78, 5) is 11.0. The maximum atomic E-state index is 11.0. The van der Waals surface area contributed by atoms with Gasteiger partial charge < -0.3 is 16.2 Å². The summed E-state index contributed by atoms with van der Waals surface area (Å²) < 4.78 is 0. The number of aliphatic hydroxyl groups excluding tert-OH is 1. The van der Waals surface area contributed by atoms with Gasteiger partial charge >= 0.3 is 0 Å². The molecule has 66 valence electrons. The van der Waals surface area contributed by atoms with Gasteiger partial charge in [0.05, 0.1) is 11.6 Å². The zero-order valence-corrected chi connectivity index (χ0v) is 7.22. The van der Waals surface area contributed by atoms with E-state index in [1.165, 1.54) is 0 Å². The number of hydrogen-bond donors (Lipinski definition) is 3. The highest BCUT2D eigenvalue weighted by molar-refractivity contribution is 5.84. The van der Waals surface area contributed by atoms with Crippen molar-refractivity contribution < 1.29 is 9.90 Å². The highest BCUT2D eigenvalue weighted by Gasteiger charge is 2.21. The number of aliphatic hydroxyl groups is 1. The summed E-state index contributed by atoms with van der Waals surface area (Å²) >= 11 is 0. The molecule has 0 aliphatic rings. The minimum absolute atomic E-state index is 0.249. The molecule has 4 heteroatoms. The van der Waals surface area contributed by atoms with Crippen molar-refractivity contribution in [1.82, 2.24) is 5.32 Å². The number of hydrogen-bond acceptors (Lipinski definition) is 3. The van der Waals surface area contributed by atoms with Crippen LogP contribution in [0, 0.1) is 0 Å². The SMILES string of the molecule is CC(O)CNC(=O)C(C)(C)N. The summed E-state index contributed by atoms with van der Waals surface area (Å²) in [6.07, 6.45) is -0.527. The summed E-state index contributed by atoms with van der Waals surface area (Å²) in [5.74, 6) is -0.251. The molecule has 0 aromatic carbocycles. The molecule has 0 heterocycles. The van der Waals surface area contributed by atoms with Gasteiger partial charge in [-0.2, -0.15) is 0 Å². The van der Waals surface area contributed by atoms with Crippen molar-refractivity contribution >= 4 is 5.91 Å². The Hall–Kier alpha value is -0.610. The monoisotopic (exact) mass is 160 g/mol. The quantitative estimate of drug-likeness (QED) is 0.507. The first-order valence-corrected chi connectivity index (χ1v) is 3.59. The Labute approximate surface area is 66.8 Å². The van der Waals surface area contributed by atoms with E-state index in [1.54, 1.807) is 20.8 Å². The first kappa shape index (κ1) is 10.4. The molecule has 0 radical (unpaired) electrons. The first-order valence-electron chi connectivity index (χ1n) is 3.59. The maximum Gasteiger partial charge on any atom is 0.239 e. The minimum Gasteiger partial charge on any atom is -0.392 e. The Balaban J connectivity index is 3.71. The van der Waals surface area contributed by atoms with Gasteiger partial charge in [0.1, 0.15) is 0 Å². The zero-order chi connectivity index (χ0) is 9.07. The molecule has 1 atom stereocenters. The van der Waals surface area contributed by atoms with Crippen LogP contribution in [0.2, 0.25) is 0 Å². The third kappa shape index (κ3) is 4.75. The largest absolute Gasteiger partial charge is 0.392 e. The lowest BCUT2D eigenvalue weighted by atomic mass is 10.1. The Kier molecular flexibility index (Phi) is 3.48. The molecule has 0 fully saturated rings. The molecule has 0 saturated carbocycles. The molecule has 4 nitrogen and oxygen atoms in total. The fraction of sp³-hybridized carbons (Fsp3) is 0.857. The van der Waals surface area contributed by atoms with Crippen LogP contribution in [0.15, 0.2) is 0 Å². The van der Waals surface area contributed by atoms with Crippen molar-refractivity contribution in [3.63, 3.8) is 0 Å². The van der Waals surface area contributed by atoms with Crippen LogP contribution in [-0.4, -0.2) is 29.2 Å². The van der Waals surface area contributed by atoms with Gasteiger partial charge in [-0.1, -0.05) is 0 Å². The van der Waals surface area contributed by atoms with Gasteiger partial charge in [-0.15, -0.1) is 0 Å². The fourth-order valence-corrected chi connectivity index (χ4v) is 0.468. The average Bonchev–Trinajstić information content (AvgIpc) is 1.80. The molecule has 1 unspecified atom stereocenters. The second-order valence-corrected chi connectivity index (χ2v) is 3.28. The Morgan fingerprint density at radius 3 is 2.45 bits per heavy atom. The highest BCUT2D eigenvalue weighted by atomic mass is 16.3. The van der Waals surface area contributed by atoms with E-state index in [0.717, 1.165) is 0 Å². The Morgan fingerprint density at radius 2 is 2.18 bits per heavy atom. The van der Waals surface area contributed by atoms with Crippen LogP contribution >= 0.6 is 0 Å². The van der Waals surface area contributed by atoms with Crippen molar-refractivity contribution in [2.45, 2.75) is 32.4 Å². The summed E-state index contributed by atoms with van der Waals surface area (Å²) in [5.41, 5.74) is 4.61. The van der Waals surface area contributed by atoms with E-state index in [0.29, 0.717) is 0 Å². The number of rotatable bonds is 3. The van der Waals surface area contributed by atoms with Gasteiger partial charge in [-0.3, -0.25) is 4.79 Å². The molecule has 0 aliphatic carbocycles. The van der Waals surface area contributed by atoms with Gasteiger partial charge in [0.15, 0.2) is 0 Å². The lowest BCUT2D eigenvalue weighted by Gasteiger charge is -2.18. The van der Waals surface area contributed by atoms with Gasteiger partial charge in [0.25, 0.3) is 0 Å². The van der Waals surface area contributed by atoms with Crippen LogP contribution in [0.3, 0.4) is 0 Å². The van der Waals surface area contributed by atoms with Crippen LogP contribution in [0.1, 0.15) is 20.8 Å². The topological polar surface area (TPSA) is 75.3 Å². The second-order valence-electron chi connectivity index (χ2n) is 3.28. The van der Waals surface area contributed by atoms with Crippen LogP contribution in [0.4, 0.5) is 0 Å². The molecule has 0 aromatic heterocycles. The number of nitrogens with two attached hydrogens (primary N) is 1. The fourth-order valence-electron chi connectivity index (χ4n) is 0.468. The lowest BCUT2D eigenvalue weighted by molar-refractivity contribution is -0.125. The van der Waals surface area contributed by atoms with Crippen molar-refractivity contribution in [3.8, 4) is 0 Å². The van der Waals surface area contributed by atoms with Crippen molar-refractivity contribution in [2.75, 3.05) is 6.54 Å². The third-order valence-electron chi connectivity index (χ3n) is 1.14. The number of amides is 1. The van der Waals surface area contributed by atoms with E-state index in [4.69, 9.17) is 10.8 Å². The van der Waals surface area contributed by atoms with E-state index in [9.17, 15) is 4.79 Å². The summed E-state index contributed by atoms with van der Waals surface area (Å²) in [7, 11) is 0. The normalized spacial score (nSPS) is 14.3. The molecule has 4 N–H and O–H groups in total. The summed E-state index contributed by atoms with van der Waals surface area (Å²) in [6.45, 7) is 5.08. The van der Waals surface area contributed by atoms with Gasteiger partial charge in [-0.25, -0.2) is 0 Å². The first-order chi connectivity index (χ1) is 4.84. The van der Waals surface area contributed by atoms with E-state index in [2.05, 4.69) is 5.32 Å². The van der Waals surface area contributed by atoms with E-state index < -0.39 is 11.6 Å². The molecule has 1 amide bonds. The van der Waals surface area contributed by atoms with Crippen LogP contribution in [0.5, 0.6) is 0 Å². The number of carbonyl (C=O) groups excluding carboxylic acids is 1. The summed E-state index contributed by atoms with van der Waals surface area (Å²) in [5, 5.41) is 11.3. The standard InChI is InChI=1S/C7H16N2O2/c1-5(10)4-9-6(11)7(2,3)8/h5,10H,4,8H2,1-3H3,(H,9,11). The van der Waals surface area contributed by atoms with Crippen LogP contribution < -0.4 is 11.1 Å². The molecule has 0 aliphatic heterocycles. The minimum atomic E-state index is -0.866. The van der Waals surface area contributed by atoms with E-state index in [-0.39, 0.29) is 12.5 Å². The van der Waals surface area contributed by atoms with E-state index >= 15 is 0 Å². The molecule has 0 rings (SSSR count). The molecule has 0 aromatic rings. The molecule has 11 heavy (non-hydrogen) atoms. The molecular weight excluding hydrogens is 144 g/mol. The number of nitrogens with one attached hydrogen (secondary N) is 1. The third-order valence-corrected chi connectivity index (χ3v) is 1.14. The van der Waals surface area contributed by atoms with Gasteiger partial charge in [-0.05, 0) is 20.8 Å². The Morgan fingerprint density at radius 1 is 1.73 bits per heavy atom. The smallest absolute Gasteiger partial charge is 0.239 e.